The molecule has 3 aromatic rings. The van der Waals surface area contributed by atoms with Crippen molar-refractivity contribution >= 4 is 17.3 Å². The Morgan fingerprint density at radius 3 is 2.59 bits per heavy atom. The average Bonchev–Trinajstić information content (AvgIpc) is 3.32. The minimum absolute atomic E-state index is 0.0302. The van der Waals surface area contributed by atoms with E-state index in [9.17, 15) is 4.39 Å². The van der Waals surface area contributed by atoms with Gasteiger partial charge >= 0.3 is 0 Å². The molecule has 1 fully saturated rings. The predicted octanol–water partition coefficient (Wildman–Crippen LogP) is 3.55. The quantitative estimate of drug-likeness (QED) is 0.630. The summed E-state index contributed by atoms with van der Waals surface area (Å²) in [6.07, 6.45) is 3.81. The van der Waals surface area contributed by atoms with Crippen molar-refractivity contribution in [2.75, 3.05) is 27.2 Å². The van der Waals surface area contributed by atoms with E-state index in [1.165, 1.54) is 12.1 Å². The molecule has 1 N–H and O–H groups in total. The topological polar surface area (TPSA) is 36.3 Å². The number of halogens is 1. The van der Waals surface area contributed by atoms with Crippen LogP contribution < -0.4 is 5.32 Å². The maximum Gasteiger partial charge on any atom is 0.170 e. The van der Waals surface area contributed by atoms with Crippen LogP contribution in [0.3, 0.4) is 0 Å². The fourth-order valence-corrected chi connectivity index (χ4v) is 4.08. The monoisotopic (exact) mass is 409 g/mol. The molecule has 0 aliphatic carbocycles. The van der Waals surface area contributed by atoms with E-state index in [-0.39, 0.29) is 17.9 Å². The first-order valence-electron chi connectivity index (χ1n) is 9.60. The largest absolute Gasteiger partial charge is 0.352 e. The number of nitrogens with one attached hydrogen (secondary N) is 1. The van der Waals surface area contributed by atoms with Crippen molar-refractivity contribution in [2.45, 2.75) is 12.1 Å². The molecule has 5 nitrogen and oxygen atoms in total. The van der Waals surface area contributed by atoms with E-state index in [1.54, 1.807) is 18.3 Å². The van der Waals surface area contributed by atoms with Crippen LogP contribution in [0.4, 0.5) is 4.39 Å². The van der Waals surface area contributed by atoms with Crippen LogP contribution in [0.5, 0.6) is 0 Å². The molecule has 1 aliphatic heterocycles. The number of thiocarbonyl (C=S) groups is 1. The number of aromatic nitrogens is 2. The summed E-state index contributed by atoms with van der Waals surface area (Å²) in [4.78, 5) is 8.95. The Labute approximate surface area is 175 Å². The molecule has 3 heterocycles. The lowest BCUT2D eigenvalue weighted by Crippen LogP contribution is -2.36. The van der Waals surface area contributed by atoms with Crippen molar-refractivity contribution in [1.82, 2.24) is 24.7 Å². The van der Waals surface area contributed by atoms with E-state index < -0.39 is 0 Å². The smallest absolute Gasteiger partial charge is 0.170 e. The Balaban J connectivity index is 1.77. The van der Waals surface area contributed by atoms with Crippen molar-refractivity contribution in [3.05, 3.63) is 84.2 Å². The lowest BCUT2D eigenvalue weighted by molar-refractivity contribution is 0.272. The van der Waals surface area contributed by atoms with Crippen LogP contribution in [0.1, 0.15) is 23.5 Å². The first kappa shape index (κ1) is 19.5. The normalized spacial score (nSPS) is 19.0. The SMILES string of the molecule is CN(C)CCN1C(=S)N[C@H](c2ccccn2)[C@H]1c1cccn1-c1ccc(F)cc1. The Morgan fingerprint density at radius 2 is 1.90 bits per heavy atom. The maximum absolute atomic E-state index is 13.4. The third-order valence-electron chi connectivity index (χ3n) is 5.17. The van der Waals surface area contributed by atoms with E-state index in [1.807, 2.05) is 30.5 Å². The highest BCUT2D eigenvalue weighted by Gasteiger charge is 2.41. The summed E-state index contributed by atoms with van der Waals surface area (Å²) in [6.45, 7) is 1.67. The Morgan fingerprint density at radius 1 is 1.10 bits per heavy atom. The summed E-state index contributed by atoms with van der Waals surface area (Å²) < 4.78 is 15.5. The van der Waals surface area contributed by atoms with Gasteiger partial charge in [0.25, 0.3) is 0 Å². The average molecular weight is 410 g/mol. The van der Waals surface area contributed by atoms with Crippen LogP contribution in [0, 0.1) is 5.82 Å². The first-order chi connectivity index (χ1) is 14.0. The zero-order valence-corrected chi connectivity index (χ0v) is 17.3. The lowest BCUT2D eigenvalue weighted by atomic mass is 10.0. The molecule has 2 atom stereocenters. The summed E-state index contributed by atoms with van der Waals surface area (Å²) in [5.41, 5.74) is 2.94. The van der Waals surface area contributed by atoms with Gasteiger partial charge in [-0.3, -0.25) is 4.98 Å². The maximum atomic E-state index is 13.4. The summed E-state index contributed by atoms with van der Waals surface area (Å²) >= 11 is 5.71. The number of benzene rings is 1. The van der Waals surface area contributed by atoms with Gasteiger partial charge < -0.3 is 19.7 Å². The molecule has 0 spiro atoms. The molecular formula is C22H24FN5S. The Hall–Kier alpha value is -2.77. The van der Waals surface area contributed by atoms with Crippen molar-refractivity contribution in [1.29, 1.82) is 0 Å². The molecule has 2 aromatic heterocycles. The standard InChI is InChI=1S/C22H24FN5S/c1-26(2)14-15-28-21(20(25-22(28)29)18-6-3-4-12-24-18)19-7-5-13-27(19)17-10-8-16(23)9-11-17/h3-13,20-21H,14-15H2,1-2H3,(H,25,29)/t20-,21-/m1/s1. The second kappa shape index (κ2) is 8.31. The highest BCUT2D eigenvalue weighted by atomic mass is 32.1. The van der Waals surface area contributed by atoms with Crippen LogP contribution >= 0.6 is 12.2 Å². The molecular weight excluding hydrogens is 385 g/mol. The van der Waals surface area contributed by atoms with Gasteiger partial charge in [0, 0.05) is 36.9 Å². The van der Waals surface area contributed by atoms with Gasteiger partial charge in [-0.05, 0) is 74.8 Å². The number of likely N-dealkylation sites (N-methyl/N-ethyl adjacent to an activating group) is 1. The highest BCUT2D eigenvalue weighted by Crippen LogP contribution is 2.39. The third kappa shape index (κ3) is 4.02. The van der Waals surface area contributed by atoms with Crippen molar-refractivity contribution in [2.24, 2.45) is 0 Å². The molecule has 1 aromatic carbocycles. The molecule has 7 heteroatoms. The number of pyridine rings is 1. The molecule has 0 radical (unpaired) electrons. The molecule has 0 amide bonds. The number of nitrogens with zero attached hydrogens (tertiary/aromatic N) is 4. The molecule has 29 heavy (non-hydrogen) atoms. The zero-order valence-electron chi connectivity index (χ0n) is 16.5. The van der Waals surface area contributed by atoms with Crippen LogP contribution in [0.25, 0.3) is 5.69 Å². The van der Waals surface area contributed by atoms with E-state index in [4.69, 9.17) is 12.2 Å². The van der Waals surface area contributed by atoms with Gasteiger partial charge in [-0.2, -0.15) is 0 Å². The van der Waals surface area contributed by atoms with Crippen LogP contribution in [0.15, 0.2) is 67.0 Å². The highest BCUT2D eigenvalue weighted by molar-refractivity contribution is 7.80. The second-order valence-corrected chi connectivity index (χ2v) is 7.79. The molecule has 0 unspecified atom stereocenters. The second-order valence-electron chi connectivity index (χ2n) is 7.40. The van der Waals surface area contributed by atoms with E-state index in [0.717, 1.165) is 35.3 Å². The van der Waals surface area contributed by atoms with Crippen LogP contribution in [-0.4, -0.2) is 51.6 Å². The first-order valence-corrected chi connectivity index (χ1v) is 10.0. The molecule has 0 bridgehead atoms. The van der Waals surface area contributed by atoms with Gasteiger partial charge in [0.1, 0.15) is 5.82 Å². The summed E-state index contributed by atoms with van der Waals surface area (Å²) in [5.74, 6) is -0.245. The number of rotatable bonds is 6. The summed E-state index contributed by atoms with van der Waals surface area (Å²) in [7, 11) is 4.11. The number of hydrogen-bond donors (Lipinski definition) is 1. The van der Waals surface area contributed by atoms with Crippen molar-refractivity contribution in [3.8, 4) is 5.69 Å². The predicted molar refractivity (Wildman–Crippen MR) is 116 cm³/mol. The lowest BCUT2D eigenvalue weighted by Gasteiger charge is -2.29. The fourth-order valence-electron chi connectivity index (χ4n) is 3.75. The third-order valence-corrected chi connectivity index (χ3v) is 5.53. The van der Waals surface area contributed by atoms with Gasteiger partial charge in [-0.15, -0.1) is 0 Å². The van der Waals surface area contributed by atoms with Gasteiger partial charge in [-0.25, -0.2) is 4.39 Å². The van der Waals surface area contributed by atoms with Gasteiger partial charge in [-0.1, -0.05) is 6.07 Å². The van der Waals surface area contributed by atoms with Crippen molar-refractivity contribution in [3.63, 3.8) is 0 Å². The molecule has 0 saturated carbocycles. The summed E-state index contributed by atoms with van der Waals surface area (Å²) in [5, 5.41) is 4.19. The zero-order chi connectivity index (χ0) is 20.4. The minimum atomic E-state index is -0.245. The summed E-state index contributed by atoms with van der Waals surface area (Å²) in [6, 6.07) is 16.5. The Bertz CT molecular complexity index is 970. The van der Waals surface area contributed by atoms with Gasteiger partial charge in [0.2, 0.25) is 0 Å². The van der Waals surface area contributed by atoms with E-state index in [0.29, 0.717) is 0 Å². The fraction of sp³-hybridized carbons (Fsp3) is 0.273. The van der Waals surface area contributed by atoms with Gasteiger partial charge in [0.15, 0.2) is 5.11 Å². The van der Waals surface area contributed by atoms with Gasteiger partial charge in [0.05, 0.1) is 17.8 Å². The molecule has 150 valence electrons. The van der Waals surface area contributed by atoms with E-state index in [2.05, 4.69) is 44.8 Å². The molecule has 1 saturated heterocycles. The minimum Gasteiger partial charge on any atom is -0.352 e. The van der Waals surface area contributed by atoms with Crippen LogP contribution in [0.2, 0.25) is 0 Å². The van der Waals surface area contributed by atoms with Crippen LogP contribution in [-0.2, 0) is 0 Å². The Kier molecular flexibility index (Phi) is 5.60. The van der Waals surface area contributed by atoms with E-state index >= 15 is 0 Å². The van der Waals surface area contributed by atoms with Crippen molar-refractivity contribution < 1.29 is 4.39 Å². The molecule has 4 rings (SSSR count). The number of hydrogen-bond acceptors (Lipinski definition) is 3. The molecule has 1 aliphatic rings.